The number of hydrogen-bond donors (Lipinski definition) is 0. The highest BCUT2D eigenvalue weighted by molar-refractivity contribution is 7.17. The Morgan fingerprint density at radius 3 is 2.68 bits per heavy atom. The molecule has 2 saturated heterocycles. The Balaban J connectivity index is 1.27. The Hall–Kier alpha value is -2.85. The molecule has 1 unspecified atom stereocenters. The number of halogens is 2. The summed E-state index contributed by atoms with van der Waals surface area (Å²) in [7, 11) is 0. The molecule has 0 radical (unpaired) electrons. The van der Waals surface area contributed by atoms with Gasteiger partial charge in [0.2, 0.25) is 5.91 Å². The fourth-order valence-electron chi connectivity index (χ4n) is 4.37. The molecule has 2 fully saturated rings. The van der Waals surface area contributed by atoms with Gasteiger partial charge in [-0.3, -0.25) is 9.69 Å². The summed E-state index contributed by atoms with van der Waals surface area (Å²) in [5.41, 5.74) is 1.35. The number of piperazine rings is 1. The van der Waals surface area contributed by atoms with Crippen LogP contribution in [0, 0.1) is 0 Å². The first-order chi connectivity index (χ1) is 15.1. The molecule has 4 heterocycles. The number of rotatable bonds is 5. The van der Waals surface area contributed by atoms with Crippen LogP contribution in [0.25, 0.3) is 10.2 Å². The van der Waals surface area contributed by atoms with Crippen LogP contribution in [0.1, 0.15) is 6.42 Å². The summed E-state index contributed by atoms with van der Waals surface area (Å²) in [5.74, 6) is 0.901. The van der Waals surface area contributed by atoms with Crippen LogP contribution >= 0.6 is 11.3 Å². The first kappa shape index (κ1) is 20.1. The third-order valence-corrected chi connectivity index (χ3v) is 6.73. The second-order valence-electron chi connectivity index (χ2n) is 7.50. The van der Waals surface area contributed by atoms with Crippen molar-refractivity contribution in [3.8, 4) is 5.75 Å². The zero-order chi connectivity index (χ0) is 21.4. The molecule has 0 N–H and O–H groups in total. The van der Waals surface area contributed by atoms with Crippen molar-refractivity contribution in [1.29, 1.82) is 0 Å². The van der Waals surface area contributed by atoms with Crippen molar-refractivity contribution in [2.75, 3.05) is 42.5 Å². The minimum atomic E-state index is -2.93. The van der Waals surface area contributed by atoms with Gasteiger partial charge < -0.3 is 14.5 Å². The van der Waals surface area contributed by atoms with Crippen LogP contribution in [0.15, 0.2) is 42.0 Å². The van der Waals surface area contributed by atoms with Crippen LogP contribution in [0.2, 0.25) is 0 Å². The van der Waals surface area contributed by atoms with E-state index < -0.39 is 6.61 Å². The van der Waals surface area contributed by atoms with Gasteiger partial charge in [0, 0.05) is 32.7 Å². The number of carbonyl (C=O) groups is 1. The largest absolute Gasteiger partial charge is 0.433 e. The van der Waals surface area contributed by atoms with E-state index >= 15 is 0 Å². The summed E-state index contributed by atoms with van der Waals surface area (Å²) in [6.07, 6.45) is 2.25. The fourth-order valence-corrected chi connectivity index (χ4v) is 5.23. The van der Waals surface area contributed by atoms with E-state index in [0.717, 1.165) is 42.2 Å². The van der Waals surface area contributed by atoms with Crippen LogP contribution in [0.4, 0.5) is 20.3 Å². The summed E-state index contributed by atoms with van der Waals surface area (Å²) in [4.78, 5) is 27.9. The van der Waals surface area contributed by atoms with E-state index in [1.807, 2.05) is 11.4 Å². The number of benzene rings is 1. The Bertz CT molecular complexity index is 1090. The lowest BCUT2D eigenvalue weighted by Gasteiger charge is -2.37. The molecule has 0 spiro atoms. The van der Waals surface area contributed by atoms with E-state index in [4.69, 9.17) is 0 Å². The molecule has 2 aliphatic rings. The molecule has 10 heteroatoms. The van der Waals surface area contributed by atoms with Gasteiger partial charge in [-0.15, -0.1) is 11.3 Å². The lowest BCUT2D eigenvalue weighted by atomic mass is 10.1. The normalized spacial score (nSPS) is 20.2. The molecule has 1 amide bonds. The van der Waals surface area contributed by atoms with Gasteiger partial charge in [0.25, 0.3) is 0 Å². The summed E-state index contributed by atoms with van der Waals surface area (Å²) in [5, 5.41) is 2.01. The maximum absolute atomic E-state index is 13.1. The standard InChI is InChI=1S/C21H21F2N5O2S/c22-21(23)30-17-4-2-1-3-15(17)28-7-5-16(20(28)29)26-8-10-27(11-9-26)19-18-14(6-12-31-18)24-13-25-19/h1-4,6,12-13,16,21H,5,7-11H2. The van der Waals surface area contributed by atoms with E-state index in [1.165, 1.54) is 6.07 Å². The number of anilines is 2. The Labute approximate surface area is 181 Å². The van der Waals surface area contributed by atoms with Crippen molar-refractivity contribution in [3.05, 3.63) is 42.0 Å². The molecular weight excluding hydrogens is 424 g/mol. The van der Waals surface area contributed by atoms with Gasteiger partial charge in [0.1, 0.15) is 17.9 Å². The molecule has 2 aromatic heterocycles. The number of amides is 1. The minimum Gasteiger partial charge on any atom is -0.433 e. The van der Waals surface area contributed by atoms with Crippen molar-refractivity contribution in [2.45, 2.75) is 19.1 Å². The summed E-state index contributed by atoms with van der Waals surface area (Å²) < 4.78 is 31.2. The second-order valence-corrected chi connectivity index (χ2v) is 8.41. The summed E-state index contributed by atoms with van der Waals surface area (Å²) in [6.45, 7) is 0.540. The highest BCUT2D eigenvalue weighted by atomic mass is 32.1. The predicted molar refractivity (Wildman–Crippen MR) is 115 cm³/mol. The number of nitrogens with zero attached hydrogens (tertiary/aromatic N) is 5. The highest BCUT2D eigenvalue weighted by Gasteiger charge is 2.39. The van der Waals surface area contributed by atoms with Crippen LogP contribution in [-0.4, -0.2) is 66.2 Å². The van der Waals surface area contributed by atoms with Crippen LogP contribution in [-0.2, 0) is 4.79 Å². The lowest BCUT2D eigenvalue weighted by Crippen LogP contribution is -2.52. The van der Waals surface area contributed by atoms with Crippen molar-refractivity contribution in [3.63, 3.8) is 0 Å². The summed E-state index contributed by atoms with van der Waals surface area (Å²) in [6, 6.07) is 8.19. The minimum absolute atomic E-state index is 0.0278. The summed E-state index contributed by atoms with van der Waals surface area (Å²) >= 11 is 1.63. The number of para-hydroxylation sites is 2. The fraction of sp³-hybridized carbons (Fsp3) is 0.381. The van der Waals surface area contributed by atoms with E-state index in [9.17, 15) is 13.6 Å². The van der Waals surface area contributed by atoms with Crippen molar-refractivity contribution < 1.29 is 18.3 Å². The molecule has 0 saturated carbocycles. The zero-order valence-corrected chi connectivity index (χ0v) is 17.5. The molecule has 1 atom stereocenters. The Morgan fingerprint density at radius 2 is 1.87 bits per heavy atom. The number of ether oxygens (including phenoxy) is 1. The van der Waals surface area contributed by atoms with Crippen LogP contribution < -0.4 is 14.5 Å². The predicted octanol–water partition coefficient (Wildman–Crippen LogP) is 3.22. The van der Waals surface area contributed by atoms with Gasteiger partial charge in [0.05, 0.1) is 21.9 Å². The van der Waals surface area contributed by atoms with Gasteiger partial charge in [0.15, 0.2) is 0 Å². The molecule has 2 aliphatic heterocycles. The number of thiophene rings is 1. The van der Waals surface area contributed by atoms with Gasteiger partial charge in [-0.1, -0.05) is 12.1 Å². The van der Waals surface area contributed by atoms with E-state index in [-0.39, 0.29) is 17.7 Å². The second kappa shape index (κ2) is 8.35. The number of aromatic nitrogens is 2. The number of carbonyl (C=O) groups excluding carboxylic acids is 1. The molecule has 0 aliphatic carbocycles. The Kier molecular flexibility index (Phi) is 5.41. The van der Waals surface area contributed by atoms with Gasteiger partial charge in [-0.05, 0) is 30.0 Å². The smallest absolute Gasteiger partial charge is 0.387 e. The van der Waals surface area contributed by atoms with Crippen LogP contribution in [0.3, 0.4) is 0 Å². The topological polar surface area (TPSA) is 61.8 Å². The SMILES string of the molecule is O=C1C(N2CCN(c3ncnc4ccsc34)CC2)CCN1c1ccccc1OC(F)F. The van der Waals surface area contributed by atoms with Gasteiger partial charge in [-0.25, -0.2) is 9.97 Å². The molecule has 7 nitrogen and oxygen atoms in total. The molecule has 162 valence electrons. The zero-order valence-electron chi connectivity index (χ0n) is 16.7. The highest BCUT2D eigenvalue weighted by Crippen LogP contribution is 2.34. The third-order valence-electron chi connectivity index (χ3n) is 5.83. The first-order valence-electron chi connectivity index (χ1n) is 10.1. The van der Waals surface area contributed by atoms with E-state index in [1.54, 1.807) is 40.8 Å². The van der Waals surface area contributed by atoms with Gasteiger partial charge >= 0.3 is 6.61 Å². The van der Waals surface area contributed by atoms with Gasteiger partial charge in [-0.2, -0.15) is 8.78 Å². The molecular formula is C21H21F2N5O2S. The Morgan fingerprint density at radius 1 is 1.06 bits per heavy atom. The molecule has 5 rings (SSSR count). The maximum atomic E-state index is 13.1. The van der Waals surface area contributed by atoms with Crippen molar-refractivity contribution in [1.82, 2.24) is 14.9 Å². The average Bonchev–Trinajstić information content (AvgIpc) is 3.40. The monoisotopic (exact) mass is 445 g/mol. The molecule has 3 aromatic rings. The van der Waals surface area contributed by atoms with Crippen LogP contribution in [0.5, 0.6) is 5.75 Å². The average molecular weight is 445 g/mol. The molecule has 1 aromatic carbocycles. The van der Waals surface area contributed by atoms with Crippen molar-refractivity contribution in [2.24, 2.45) is 0 Å². The first-order valence-corrected chi connectivity index (χ1v) is 11.0. The molecule has 31 heavy (non-hydrogen) atoms. The number of alkyl halides is 2. The van der Waals surface area contributed by atoms with E-state index in [2.05, 4.69) is 24.5 Å². The van der Waals surface area contributed by atoms with E-state index in [0.29, 0.717) is 18.7 Å². The number of hydrogen-bond acceptors (Lipinski definition) is 7. The quantitative estimate of drug-likeness (QED) is 0.601. The third kappa shape index (κ3) is 3.81. The molecule has 0 bridgehead atoms. The maximum Gasteiger partial charge on any atom is 0.387 e. The number of fused-ring (bicyclic) bond motifs is 1. The lowest BCUT2D eigenvalue weighted by molar-refractivity contribution is -0.121. The van der Waals surface area contributed by atoms with Crippen molar-refractivity contribution >= 4 is 39.0 Å².